The first-order chi connectivity index (χ1) is 8.81. The minimum absolute atomic E-state index is 0.274. The van der Waals surface area contributed by atoms with Gasteiger partial charge in [0, 0.05) is 36.5 Å². The first-order valence-electron chi connectivity index (χ1n) is 5.94. The Morgan fingerprint density at radius 2 is 2.17 bits per heavy atom. The quantitative estimate of drug-likeness (QED) is 0.642. The first kappa shape index (κ1) is 13.2. The SMILES string of the molecule is O=[S+]CCOc1ccc(N2CCNCC2)c(F)c1. The Bertz CT molecular complexity index is 411. The van der Waals surface area contributed by atoms with Crippen molar-refractivity contribution in [1.82, 2.24) is 5.32 Å². The number of piperazine rings is 1. The van der Waals surface area contributed by atoms with Gasteiger partial charge in [-0.3, -0.25) is 0 Å². The van der Waals surface area contributed by atoms with Crippen molar-refractivity contribution < 1.29 is 13.3 Å². The van der Waals surface area contributed by atoms with Gasteiger partial charge < -0.3 is 15.0 Å². The topological polar surface area (TPSA) is 41.6 Å². The number of rotatable bonds is 5. The van der Waals surface area contributed by atoms with Crippen LogP contribution in [0.2, 0.25) is 0 Å². The van der Waals surface area contributed by atoms with E-state index in [9.17, 15) is 8.60 Å². The molecule has 0 amide bonds. The molecule has 0 aromatic heterocycles. The minimum Gasteiger partial charge on any atom is -0.488 e. The minimum atomic E-state index is -0.274. The second-order valence-corrected chi connectivity index (χ2v) is 4.66. The third kappa shape index (κ3) is 3.36. The molecule has 4 nitrogen and oxygen atoms in total. The fourth-order valence-corrected chi connectivity index (χ4v) is 2.08. The second-order valence-electron chi connectivity index (χ2n) is 4.02. The average molecular weight is 271 g/mol. The van der Waals surface area contributed by atoms with E-state index in [1.54, 1.807) is 12.1 Å². The Balaban J connectivity index is 2.02. The Labute approximate surface area is 110 Å². The van der Waals surface area contributed by atoms with E-state index in [1.165, 1.54) is 6.07 Å². The van der Waals surface area contributed by atoms with Gasteiger partial charge in [-0.1, -0.05) is 0 Å². The van der Waals surface area contributed by atoms with Crippen molar-refractivity contribution >= 4 is 17.4 Å². The van der Waals surface area contributed by atoms with E-state index in [1.807, 2.05) is 4.90 Å². The van der Waals surface area contributed by atoms with Gasteiger partial charge in [-0.15, -0.1) is 0 Å². The number of halogens is 1. The van der Waals surface area contributed by atoms with Gasteiger partial charge in [0.25, 0.3) is 5.75 Å². The Morgan fingerprint density at radius 1 is 1.39 bits per heavy atom. The highest BCUT2D eigenvalue weighted by molar-refractivity contribution is 7.65. The number of hydrogen-bond donors (Lipinski definition) is 1. The monoisotopic (exact) mass is 271 g/mol. The lowest BCUT2D eigenvalue weighted by molar-refractivity contribution is 0.341. The molecular weight excluding hydrogens is 255 g/mol. The summed E-state index contributed by atoms with van der Waals surface area (Å²) in [5.74, 6) is 0.561. The van der Waals surface area contributed by atoms with Crippen LogP contribution in [-0.2, 0) is 15.9 Å². The molecular formula is C12H16FN2O2S+. The predicted molar refractivity (Wildman–Crippen MR) is 69.9 cm³/mol. The zero-order valence-electron chi connectivity index (χ0n) is 10.0. The molecule has 98 valence electrons. The number of nitrogens with zero attached hydrogens (tertiary/aromatic N) is 1. The van der Waals surface area contributed by atoms with Crippen molar-refractivity contribution in [2.75, 3.05) is 43.4 Å². The smallest absolute Gasteiger partial charge is 0.462 e. The molecule has 1 aromatic rings. The summed E-state index contributed by atoms with van der Waals surface area (Å²) in [6, 6.07) is 4.86. The molecule has 1 saturated heterocycles. The van der Waals surface area contributed by atoms with Crippen LogP contribution in [0.1, 0.15) is 0 Å². The molecule has 0 spiro atoms. The van der Waals surface area contributed by atoms with Gasteiger partial charge >= 0.3 is 11.7 Å². The predicted octanol–water partition coefficient (Wildman–Crippen LogP) is 1.04. The van der Waals surface area contributed by atoms with Gasteiger partial charge in [-0.05, 0) is 12.1 Å². The lowest BCUT2D eigenvalue weighted by Crippen LogP contribution is -2.43. The lowest BCUT2D eigenvalue weighted by atomic mass is 10.2. The highest BCUT2D eigenvalue weighted by atomic mass is 32.1. The maximum absolute atomic E-state index is 13.9. The van der Waals surface area contributed by atoms with E-state index in [-0.39, 0.29) is 5.82 Å². The van der Waals surface area contributed by atoms with Crippen molar-refractivity contribution in [3.8, 4) is 5.75 Å². The van der Waals surface area contributed by atoms with Crippen LogP contribution in [0.5, 0.6) is 5.75 Å². The summed E-state index contributed by atoms with van der Waals surface area (Å²) in [6.45, 7) is 3.67. The van der Waals surface area contributed by atoms with E-state index in [0.29, 0.717) is 35.5 Å². The summed E-state index contributed by atoms with van der Waals surface area (Å²) in [7, 11) is 0. The average Bonchev–Trinajstić information content (AvgIpc) is 2.40. The highest BCUT2D eigenvalue weighted by Gasteiger charge is 2.15. The Kier molecular flexibility index (Phi) is 4.83. The molecule has 1 fully saturated rings. The summed E-state index contributed by atoms with van der Waals surface area (Å²) in [4.78, 5) is 2.02. The molecule has 6 heteroatoms. The highest BCUT2D eigenvalue weighted by Crippen LogP contribution is 2.24. The first-order valence-corrected chi connectivity index (χ1v) is 6.85. The van der Waals surface area contributed by atoms with Crippen LogP contribution in [0.3, 0.4) is 0 Å². The van der Waals surface area contributed by atoms with Gasteiger partial charge in [0.2, 0.25) is 0 Å². The largest absolute Gasteiger partial charge is 0.488 e. The molecule has 18 heavy (non-hydrogen) atoms. The number of ether oxygens (including phenoxy) is 1. The van der Waals surface area contributed by atoms with Crippen molar-refractivity contribution in [3.63, 3.8) is 0 Å². The van der Waals surface area contributed by atoms with E-state index in [2.05, 4.69) is 5.32 Å². The van der Waals surface area contributed by atoms with Crippen LogP contribution in [0.15, 0.2) is 18.2 Å². The van der Waals surface area contributed by atoms with Crippen LogP contribution in [0.4, 0.5) is 10.1 Å². The van der Waals surface area contributed by atoms with E-state index in [0.717, 1.165) is 26.2 Å². The van der Waals surface area contributed by atoms with E-state index >= 15 is 0 Å². The number of hydrogen-bond acceptors (Lipinski definition) is 4. The van der Waals surface area contributed by atoms with Crippen LogP contribution in [-0.4, -0.2) is 38.5 Å². The molecule has 1 aliphatic rings. The van der Waals surface area contributed by atoms with Crippen LogP contribution >= 0.6 is 0 Å². The van der Waals surface area contributed by atoms with E-state index in [4.69, 9.17) is 4.74 Å². The molecule has 0 atom stereocenters. The van der Waals surface area contributed by atoms with Gasteiger partial charge in [-0.2, -0.15) is 0 Å². The lowest BCUT2D eigenvalue weighted by Gasteiger charge is -2.29. The third-order valence-electron chi connectivity index (χ3n) is 2.81. The summed E-state index contributed by atoms with van der Waals surface area (Å²) < 4.78 is 29.4. The summed E-state index contributed by atoms with van der Waals surface area (Å²) >= 11 is 0.467. The molecule has 0 saturated carbocycles. The fourth-order valence-electron chi connectivity index (χ4n) is 1.93. The molecule has 0 bridgehead atoms. The standard InChI is InChI=1S/C12H16FN2O2S/c13-11-9-10(17-7-8-18-16)1-2-12(11)15-5-3-14-4-6-15/h1-2,9,14H,3-8H2/q+1. The van der Waals surface area contributed by atoms with E-state index < -0.39 is 0 Å². The van der Waals surface area contributed by atoms with Gasteiger partial charge in [0.15, 0.2) is 0 Å². The summed E-state index contributed by atoms with van der Waals surface area (Å²) in [5, 5.41) is 3.23. The summed E-state index contributed by atoms with van der Waals surface area (Å²) in [6.07, 6.45) is 0. The Hall–Kier alpha value is -1.27. The molecule has 1 heterocycles. The molecule has 0 unspecified atom stereocenters. The van der Waals surface area contributed by atoms with Gasteiger partial charge in [0.1, 0.15) is 18.2 Å². The van der Waals surface area contributed by atoms with Crippen LogP contribution in [0.25, 0.3) is 0 Å². The zero-order valence-corrected chi connectivity index (χ0v) is 10.8. The third-order valence-corrected chi connectivity index (χ3v) is 3.15. The molecule has 2 rings (SSSR count). The van der Waals surface area contributed by atoms with Crippen molar-refractivity contribution in [1.29, 1.82) is 0 Å². The fraction of sp³-hybridized carbons (Fsp3) is 0.500. The number of anilines is 1. The molecule has 1 N–H and O–H groups in total. The van der Waals surface area contributed by atoms with Crippen LogP contribution < -0.4 is 15.0 Å². The maximum Gasteiger partial charge on any atom is 0.462 e. The molecule has 1 aliphatic heterocycles. The van der Waals surface area contributed by atoms with Crippen molar-refractivity contribution in [3.05, 3.63) is 24.0 Å². The Morgan fingerprint density at radius 3 is 2.83 bits per heavy atom. The number of benzene rings is 1. The van der Waals surface area contributed by atoms with Crippen molar-refractivity contribution in [2.24, 2.45) is 0 Å². The molecule has 0 radical (unpaired) electrons. The van der Waals surface area contributed by atoms with Gasteiger partial charge in [0.05, 0.1) is 5.69 Å². The molecule has 1 aromatic carbocycles. The van der Waals surface area contributed by atoms with Crippen molar-refractivity contribution in [2.45, 2.75) is 0 Å². The maximum atomic E-state index is 13.9. The normalized spacial score (nSPS) is 15.5. The van der Waals surface area contributed by atoms with Gasteiger partial charge in [-0.25, -0.2) is 4.39 Å². The summed E-state index contributed by atoms with van der Waals surface area (Å²) in [5.41, 5.74) is 0.613. The second kappa shape index (κ2) is 6.61. The zero-order chi connectivity index (χ0) is 12.8. The number of nitrogens with one attached hydrogen (secondary N) is 1. The molecule has 0 aliphatic carbocycles. The van der Waals surface area contributed by atoms with Crippen LogP contribution in [0, 0.1) is 5.82 Å².